The van der Waals surface area contributed by atoms with Gasteiger partial charge in [0, 0.05) is 16.6 Å². The average Bonchev–Trinajstić information content (AvgIpc) is 2.50. The smallest absolute Gasteiger partial charge is 0.255 e. The molecule has 2 aromatic carbocycles. The van der Waals surface area contributed by atoms with E-state index in [9.17, 15) is 4.79 Å². The molecule has 21 heavy (non-hydrogen) atoms. The van der Waals surface area contributed by atoms with Crippen molar-refractivity contribution in [3.8, 4) is 5.75 Å². The number of aryl methyl sites for hydroxylation is 1. The Morgan fingerprint density at radius 1 is 1.10 bits per heavy atom. The highest BCUT2D eigenvalue weighted by molar-refractivity contribution is 9.09. The molecule has 0 spiro atoms. The van der Waals surface area contributed by atoms with Gasteiger partial charge in [0.15, 0.2) is 0 Å². The molecular formula is C17H18BrNO2. The van der Waals surface area contributed by atoms with E-state index < -0.39 is 0 Å². The minimum atomic E-state index is -0.119. The maximum Gasteiger partial charge on any atom is 0.255 e. The lowest BCUT2D eigenvalue weighted by Crippen LogP contribution is -2.11. The molecule has 0 aliphatic carbocycles. The van der Waals surface area contributed by atoms with E-state index in [1.165, 1.54) is 5.56 Å². The number of amides is 1. The molecule has 0 aliphatic rings. The highest BCUT2D eigenvalue weighted by atomic mass is 79.9. The van der Waals surface area contributed by atoms with Gasteiger partial charge in [-0.25, -0.2) is 0 Å². The molecule has 1 amide bonds. The van der Waals surface area contributed by atoms with Crippen LogP contribution < -0.4 is 10.1 Å². The van der Waals surface area contributed by atoms with E-state index in [-0.39, 0.29) is 5.91 Å². The van der Waals surface area contributed by atoms with Gasteiger partial charge in [0.2, 0.25) is 0 Å². The van der Waals surface area contributed by atoms with E-state index in [0.29, 0.717) is 12.2 Å². The first-order valence-corrected chi connectivity index (χ1v) is 8.04. The van der Waals surface area contributed by atoms with Crippen molar-refractivity contribution in [3.63, 3.8) is 0 Å². The van der Waals surface area contributed by atoms with Gasteiger partial charge in [0.25, 0.3) is 5.91 Å². The summed E-state index contributed by atoms with van der Waals surface area (Å²) >= 11 is 3.41. The molecule has 0 unspecified atom stereocenters. The van der Waals surface area contributed by atoms with Gasteiger partial charge in [-0.05, 0) is 55.3 Å². The third-order valence-corrected chi connectivity index (χ3v) is 3.42. The summed E-state index contributed by atoms with van der Waals surface area (Å²) in [7, 11) is 0. The van der Waals surface area contributed by atoms with Gasteiger partial charge >= 0.3 is 0 Å². The Hall–Kier alpha value is -1.81. The quantitative estimate of drug-likeness (QED) is 0.792. The largest absolute Gasteiger partial charge is 0.494 e. The maximum atomic E-state index is 12.1. The zero-order valence-corrected chi connectivity index (χ0v) is 13.5. The van der Waals surface area contributed by atoms with E-state index in [0.717, 1.165) is 23.2 Å². The third kappa shape index (κ3) is 4.60. The van der Waals surface area contributed by atoms with Crippen molar-refractivity contribution in [1.82, 2.24) is 0 Å². The van der Waals surface area contributed by atoms with Gasteiger partial charge < -0.3 is 10.1 Å². The van der Waals surface area contributed by atoms with Crippen LogP contribution >= 0.6 is 15.9 Å². The second-order valence-electron chi connectivity index (χ2n) is 4.55. The topological polar surface area (TPSA) is 38.3 Å². The van der Waals surface area contributed by atoms with Crippen LogP contribution in [0.25, 0.3) is 0 Å². The molecule has 0 aromatic heterocycles. The summed E-state index contributed by atoms with van der Waals surface area (Å²) in [5.41, 5.74) is 2.65. The van der Waals surface area contributed by atoms with Crippen molar-refractivity contribution in [2.24, 2.45) is 0 Å². The number of hydrogen-bond acceptors (Lipinski definition) is 2. The zero-order chi connectivity index (χ0) is 15.1. The molecular weight excluding hydrogens is 330 g/mol. The van der Waals surface area contributed by atoms with Gasteiger partial charge in [-0.1, -0.05) is 28.1 Å². The number of rotatable bonds is 6. The second kappa shape index (κ2) is 7.84. The molecule has 0 saturated heterocycles. The maximum absolute atomic E-state index is 12.1. The molecule has 2 rings (SSSR count). The Morgan fingerprint density at radius 2 is 1.76 bits per heavy atom. The first-order chi connectivity index (χ1) is 10.2. The summed E-state index contributed by atoms with van der Waals surface area (Å²) in [6, 6.07) is 15.0. The number of carbonyl (C=O) groups excluding carboxylic acids is 1. The molecule has 2 aromatic rings. The van der Waals surface area contributed by atoms with Crippen LogP contribution in [0.3, 0.4) is 0 Å². The summed E-state index contributed by atoms with van der Waals surface area (Å²) < 4.78 is 5.36. The zero-order valence-electron chi connectivity index (χ0n) is 11.9. The number of halogens is 1. The summed E-state index contributed by atoms with van der Waals surface area (Å²) in [4.78, 5) is 12.1. The standard InChI is InChI=1S/C17H18BrNO2/c1-2-21-16-9-5-14(6-10-16)17(20)19-15-7-3-13(4-8-15)11-12-18/h3-10H,2,11-12H2,1H3,(H,19,20). The number of carbonyl (C=O) groups is 1. The summed E-state index contributed by atoms with van der Waals surface area (Å²) in [5, 5.41) is 3.82. The van der Waals surface area contributed by atoms with Crippen LogP contribution in [-0.4, -0.2) is 17.8 Å². The summed E-state index contributed by atoms with van der Waals surface area (Å²) in [6.07, 6.45) is 0.979. The lowest BCUT2D eigenvalue weighted by atomic mass is 10.1. The van der Waals surface area contributed by atoms with Crippen molar-refractivity contribution in [2.45, 2.75) is 13.3 Å². The van der Waals surface area contributed by atoms with Crippen LogP contribution in [0.4, 0.5) is 5.69 Å². The molecule has 110 valence electrons. The van der Waals surface area contributed by atoms with Crippen molar-refractivity contribution in [1.29, 1.82) is 0 Å². The van der Waals surface area contributed by atoms with E-state index in [4.69, 9.17) is 4.74 Å². The second-order valence-corrected chi connectivity index (χ2v) is 5.34. The van der Waals surface area contributed by atoms with Crippen LogP contribution in [0.15, 0.2) is 48.5 Å². The van der Waals surface area contributed by atoms with Crippen LogP contribution in [0, 0.1) is 0 Å². The number of alkyl halides is 1. The molecule has 3 nitrogen and oxygen atoms in total. The van der Waals surface area contributed by atoms with Crippen molar-refractivity contribution in [3.05, 3.63) is 59.7 Å². The first-order valence-electron chi connectivity index (χ1n) is 6.92. The van der Waals surface area contributed by atoms with E-state index in [1.807, 2.05) is 31.2 Å². The van der Waals surface area contributed by atoms with Crippen LogP contribution in [0.5, 0.6) is 5.75 Å². The Balaban J connectivity index is 2.00. The van der Waals surface area contributed by atoms with Crippen molar-refractivity contribution in [2.75, 3.05) is 17.3 Å². The fraction of sp³-hybridized carbons (Fsp3) is 0.235. The summed E-state index contributed by atoms with van der Waals surface area (Å²) in [5.74, 6) is 0.652. The monoisotopic (exact) mass is 347 g/mol. The Kier molecular flexibility index (Phi) is 5.81. The van der Waals surface area contributed by atoms with E-state index >= 15 is 0 Å². The average molecular weight is 348 g/mol. The minimum Gasteiger partial charge on any atom is -0.494 e. The molecule has 0 aliphatic heterocycles. The highest BCUT2D eigenvalue weighted by Gasteiger charge is 2.06. The van der Waals surface area contributed by atoms with Gasteiger partial charge in [0.1, 0.15) is 5.75 Å². The first kappa shape index (κ1) is 15.6. The lowest BCUT2D eigenvalue weighted by molar-refractivity contribution is 0.102. The molecule has 0 heterocycles. The fourth-order valence-electron chi connectivity index (χ4n) is 1.94. The molecule has 0 radical (unpaired) electrons. The number of anilines is 1. The van der Waals surface area contributed by atoms with Crippen LogP contribution in [-0.2, 0) is 6.42 Å². The Morgan fingerprint density at radius 3 is 2.33 bits per heavy atom. The number of nitrogens with one attached hydrogen (secondary N) is 1. The molecule has 0 atom stereocenters. The molecule has 0 bridgehead atoms. The van der Waals surface area contributed by atoms with Crippen LogP contribution in [0.2, 0.25) is 0 Å². The predicted molar refractivity (Wildman–Crippen MR) is 89.5 cm³/mol. The molecule has 0 fully saturated rings. The normalized spacial score (nSPS) is 10.2. The van der Waals surface area contributed by atoms with E-state index in [2.05, 4.69) is 21.2 Å². The molecule has 0 saturated carbocycles. The number of hydrogen-bond donors (Lipinski definition) is 1. The van der Waals surface area contributed by atoms with Crippen LogP contribution in [0.1, 0.15) is 22.8 Å². The van der Waals surface area contributed by atoms with Gasteiger partial charge in [-0.15, -0.1) is 0 Å². The fourth-order valence-corrected chi connectivity index (χ4v) is 2.39. The van der Waals surface area contributed by atoms with Crippen molar-refractivity contribution >= 4 is 27.5 Å². The number of ether oxygens (including phenoxy) is 1. The minimum absolute atomic E-state index is 0.119. The van der Waals surface area contributed by atoms with Gasteiger partial charge in [-0.3, -0.25) is 4.79 Å². The molecule has 4 heteroatoms. The van der Waals surface area contributed by atoms with E-state index in [1.54, 1.807) is 24.3 Å². The third-order valence-electron chi connectivity index (χ3n) is 3.02. The lowest BCUT2D eigenvalue weighted by Gasteiger charge is -2.07. The van der Waals surface area contributed by atoms with Crippen molar-refractivity contribution < 1.29 is 9.53 Å². The molecule has 1 N–H and O–H groups in total. The Labute approximate surface area is 133 Å². The highest BCUT2D eigenvalue weighted by Crippen LogP contribution is 2.15. The summed E-state index contributed by atoms with van der Waals surface area (Å²) in [6.45, 7) is 2.55. The SMILES string of the molecule is CCOc1ccc(C(=O)Nc2ccc(CCBr)cc2)cc1. The number of benzene rings is 2. The predicted octanol–water partition coefficient (Wildman–Crippen LogP) is 4.28. The van der Waals surface area contributed by atoms with Gasteiger partial charge in [0.05, 0.1) is 6.61 Å². The van der Waals surface area contributed by atoms with Gasteiger partial charge in [-0.2, -0.15) is 0 Å². The Bertz CT molecular complexity index is 579.